The van der Waals surface area contributed by atoms with Gasteiger partial charge in [-0.05, 0) is 12.1 Å². The van der Waals surface area contributed by atoms with Crippen LogP contribution >= 0.6 is 23.2 Å². The molecule has 0 saturated heterocycles. The largest absolute Gasteiger partial charge is 0.454 e. The van der Waals surface area contributed by atoms with Gasteiger partial charge in [-0.15, -0.1) is 0 Å². The van der Waals surface area contributed by atoms with Gasteiger partial charge in [-0.25, -0.2) is 4.39 Å². The van der Waals surface area contributed by atoms with Crippen LogP contribution in [0.5, 0.6) is 11.5 Å². The highest BCUT2D eigenvalue weighted by Crippen LogP contribution is 2.37. The predicted molar refractivity (Wildman–Crippen MR) is 84.9 cm³/mol. The minimum Gasteiger partial charge on any atom is -0.454 e. The summed E-state index contributed by atoms with van der Waals surface area (Å²) in [5, 5.41) is 2.29. The molecule has 0 aliphatic rings. The number of ether oxygens (including phenoxy) is 1. The van der Waals surface area contributed by atoms with Crippen molar-refractivity contribution >= 4 is 39.7 Å². The summed E-state index contributed by atoms with van der Waals surface area (Å²) in [4.78, 5) is 0. The first kappa shape index (κ1) is 14.0. The van der Waals surface area contributed by atoms with Gasteiger partial charge in [0, 0.05) is 27.9 Å². The molecule has 0 amide bonds. The highest BCUT2D eigenvalue weighted by Gasteiger charge is 2.11. The van der Waals surface area contributed by atoms with Crippen LogP contribution in [-0.4, -0.2) is 0 Å². The summed E-state index contributed by atoms with van der Waals surface area (Å²) >= 11 is 11.9. The monoisotopic (exact) mass is 321 g/mol. The van der Waals surface area contributed by atoms with Crippen molar-refractivity contribution in [2.45, 2.75) is 0 Å². The van der Waals surface area contributed by atoms with Crippen molar-refractivity contribution < 1.29 is 9.13 Å². The third-order valence-corrected chi connectivity index (χ3v) is 3.72. The van der Waals surface area contributed by atoms with Gasteiger partial charge >= 0.3 is 0 Å². The molecule has 0 atom stereocenters. The SMILES string of the molecule is Nc1cc(F)c(Cl)cc1Oc1ccc(Cl)c2ccccc12. The Morgan fingerprint density at radius 3 is 2.33 bits per heavy atom. The molecule has 0 spiro atoms. The second kappa shape index (κ2) is 5.43. The van der Waals surface area contributed by atoms with Gasteiger partial charge in [0.2, 0.25) is 0 Å². The lowest BCUT2D eigenvalue weighted by Gasteiger charge is -2.12. The first-order valence-electron chi connectivity index (χ1n) is 6.16. The summed E-state index contributed by atoms with van der Waals surface area (Å²) in [6.07, 6.45) is 0. The maximum Gasteiger partial charge on any atom is 0.152 e. The molecule has 0 aliphatic heterocycles. The molecule has 0 aromatic heterocycles. The van der Waals surface area contributed by atoms with E-state index in [4.69, 9.17) is 33.7 Å². The van der Waals surface area contributed by atoms with Crippen LogP contribution in [0.4, 0.5) is 10.1 Å². The minimum atomic E-state index is -0.581. The summed E-state index contributed by atoms with van der Waals surface area (Å²) in [6, 6.07) is 13.5. The van der Waals surface area contributed by atoms with Crippen LogP contribution < -0.4 is 10.5 Å². The second-order valence-electron chi connectivity index (χ2n) is 4.50. The fourth-order valence-electron chi connectivity index (χ4n) is 2.07. The molecule has 2 nitrogen and oxygen atoms in total. The Morgan fingerprint density at radius 2 is 1.57 bits per heavy atom. The number of hydrogen-bond donors (Lipinski definition) is 1. The molecule has 106 valence electrons. The summed E-state index contributed by atoms with van der Waals surface area (Å²) in [5.41, 5.74) is 5.94. The van der Waals surface area contributed by atoms with Crippen molar-refractivity contribution in [3.05, 3.63) is 64.4 Å². The van der Waals surface area contributed by atoms with Gasteiger partial charge in [0.1, 0.15) is 11.6 Å². The van der Waals surface area contributed by atoms with Crippen LogP contribution in [0.2, 0.25) is 10.0 Å². The van der Waals surface area contributed by atoms with Crippen molar-refractivity contribution in [2.75, 3.05) is 5.73 Å². The van der Waals surface area contributed by atoms with Gasteiger partial charge < -0.3 is 10.5 Å². The van der Waals surface area contributed by atoms with E-state index in [1.165, 1.54) is 6.07 Å². The Kier molecular flexibility index (Phi) is 3.62. The number of nitrogen functional groups attached to an aromatic ring is 1. The average molecular weight is 322 g/mol. The number of rotatable bonds is 2. The standard InChI is InChI=1S/C16H10Cl2FNO/c17-11-5-6-15(10-4-2-1-3-9(10)11)21-16-7-12(18)13(19)8-14(16)20/h1-8H,20H2. The van der Waals surface area contributed by atoms with Crippen LogP contribution in [0, 0.1) is 5.82 Å². The summed E-state index contributed by atoms with van der Waals surface area (Å²) in [6.45, 7) is 0. The molecule has 2 N–H and O–H groups in total. The first-order chi connectivity index (χ1) is 10.1. The highest BCUT2D eigenvalue weighted by atomic mass is 35.5. The molecule has 3 rings (SSSR count). The van der Waals surface area contributed by atoms with Gasteiger partial charge in [0.25, 0.3) is 0 Å². The van der Waals surface area contributed by atoms with E-state index in [9.17, 15) is 4.39 Å². The summed E-state index contributed by atoms with van der Waals surface area (Å²) in [7, 11) is 0. The first-order valence-corrected chi connectivity index (χ1v) is 6.91. The smallest absolute Gasteiger partial charge is 0.152 e. The van der Waals surface area contributed by atoms with E-state index in [2.05, 4.69) is 0 Å². The molecule has 0 saturated carbocycles. The van der Waals surface area contributed by atoms with Crippen molar-refractivity contribution in [1.29, 1.82) is 0 Å². The third kappa shape index (κ3) is 2.62. The number of anilines is 1. The molecular weight excluding hydrogens is 312 g/mol. The van der Waals surface area contributed by atoms with Gasteiger partial charge in [0.15, 0.2) is 5.75 Å². The van der Waals surface area contributed by atoms with Crippen molar-refractivity contribution in [3.63, 3.8) is 0 Å². The molecule has 0 radical (unpaired) electrons. The highest BCUT2D eigenvalue weighted by molar-refractivity contribution is 6.35. The molecule has 0 heterocycles. The van der Waals surface area contributed by atoms with E-state index in [1.54, 1.807) is 12.1 Å². The molecular formula is C16H10Cl2FNO. The number of benzene rings is 3. The average Bonchev–Trinajstić information content (AvgIpc) is 2.48. The van der Waals surface area contributed by atoms with Crippen LogP contribution in [-0.2, 0) is 0 Å². The lowest BCUT2D eigenvalue weighted by Crippen LogP contribution is -1.94. The molecule has 3 aromatic carbocycles. The Morgan fingerprint density at radius 1 is 0.857 bits per heavy atom. The Hall–Kier alpha value is -1.97. The minimum absolute atomic E-state index is 0.0440. The van der Waals surface area contributed by atoms with Crippen LogP contribution in [0.1, 0.15) is 0 Å². The topological polar surface area (TPSA) is 35.2 Å². The van der Waals surface area contributed by atoms with E-state index < -0.39 is 5.82 Å². The number of nitrogens with two attached hydrogens (primary N) is 1. The van der Waals surface area contributed by atoms with E-state index in [-0.39, 0.29) is 10.7 Å². The summed E-state index contributed by atoms with van der Waals surface area (Å²) in [5.74, 6) is 0.292. The fourth-order valence-corrected chi connectivity index (χ4v) is 2.46. The summed E-state index contributed by atoms with van der Waals surface area (Å²) < 4.78 is 19.1. The van der Waals surface area contributed by atoms with E-state index >= 15 is 0 Å². The van der Waals surface area contributed by atoms with Crippen LogP contribution in [0.15, 0.2) is 48.5 Å². The molecule has 3 aromatic rings. The van der Waals surface area contributed by atoms with Gasteiger partial charge in [-0.3, -0.25) is 0 Å². The normalized spacial score (nSPS) is 10.8. The fraction of sp³-hybridized carbons (Fsp3) is 0. The predicted octanol–water partition coefficient (Wildman–Crippen LogP) is 5.66. The van der Waals surface area contributed by atoms with Gasteiger partial charge in [-0.2, -0.15) is 0 Å². The van der Waals surface area contributed by atoms with Crippen molar-refractivity contribution in [3.8, 4) is 11.5 Å². The Labute approximate surface area is 130 Å². The maximum absolute atomic E-state index is 13.3. The zero-order valence-corrected chi connectivity index (χ0v) is 12.3. The molecule has 0 aliphatic carbocycles. The zero-order chi connectivity index (χ0) is 15.0. The van der Waals surface area contributed by atoms with Gasteiger partial charge in [0.05, 0.1) is 10.7 Å². The number of fused-ring (bicyclic) bond motifs is 1. The Balaban J connectivity index is 2.11. The van der Waals surface area contributed by atoms with Crippen molar-refractivity contribution in [2.24, 2.45) is 0 Å². The molecule has 0 fully saturated rings. The zero-order valence-electron chi connectivity index (χ0n) is 10.7. The lowest BCUT2D eigenvalue weighted by atomic mass is 10.1. The van der Waals surface area contributed by atoms with E-state index in [0.717, 1.165) is 16.8 Å². The molecule has 0 unspecified atom stereocenters. The maximum atomic E-state index is 13.3. The molecule has 0 bridgehead atoms. The molecule has 5 heteroatoms. The Bertz CT molecular complexity index is 836. The number of halogens is 3. The van der Waals surface area contributed by atoms with E-state index in [0.29, 0.717) is 16.5 Å². The molecule has 21 heavy (non-hydrogen) atoms. The van der Waals surface area contributed by atoms with E-state index in [1.807, 2.05) is 24.3 Å². The lowest BCUT2D eigenvalue weighted by molar-refractivity contribution is 0.489. The van der Waals surface area contributed by atoms with Crippen LogP contribution in [0.25, 0.3) is 10.8 Å². The van der Waals surface area contributed by atoms with Crippen LogP contribution in [0.3, 0.4) is 0 Å². The van der Waals surface area contributed by atoms with Gasteiger partial charge in [-0.1, -0.05) is 47.5 Å². The van der Waals surface area contributed by atoms with Crippen molar-refractivity contribution in [1.82, 2.24) is 0 Å². The number of hydrogen-bond acceptors (Lipinski definition) is 2. The second-order valence-corrected chi connectivity index (χ2v) is 5.31. The quantitative estimate of drug-likeness (QED) is 0.618. The third-order valence-electron chi connectivity index (χ3n) is 3.10.